The summed E-state index contributed by atoms with van der Waals surface area (Å²) < 4.78 is 0. The highest BCUT2D eigenvalue weighted by atomic mass is 32.1. The first-order valence-corrected chi connectivity index (χ1v) is 6.35. The molecule has 0 aliphatic heterocycles. The van der Waals surface area contributed by atoms with E-state index in [-0.39, 0.29) is 12.5 Å². The Kier molecular flexibility index (Phi) is 5.88. The summed E-state index contributed by atoms with van der Waals surface area (Å²) >= 11 is 1.36. The van der Waals surface area contributed by atoms with Crippen LogP contribution in [0.25, 0.3) is 0 Å². The number of hydrogen-bond acceptors (Lipinski definition) is 4. The molecule has 4 nitrogen and oxygen atoms in total. The van der Waals surface area contributed by atoms with Crippen LogP contribution in [0.3, 0.4) is 0 Å². The third kappa shape index (κ3) is 4.20. The molecule has 0 saturated carbocycles. The molecule has 0 unspecified atom stereocenters. The molecule has 0 radical (unpaired) electrons. The molecule has 0 spiro atoms. The number of anilines is 1. The number of carbonyl (C=O) groups is 1. The van der Waals surface area contributed by atoms with Crippen LogP contribution < -0.4 is 11.1 Å². The average molecular weight is 242 g/mol. The Morgan fingerprint density at radius 1 is 1.38 bits per heavy atom. The SMILES string of the molecule is Nc1ccsc1C(=O)NCCCCCCO. The monoisotopic (exact) mass is 242 g/mol. The molecule has 0 aliphatic carbocycles. The lowest BCUT2D eigenvalue weighted by Gasteiger charge is -2.04. The fourth-order valence-corrected chi connectivity index (χ4v) is 2.11. The summed E-state index contributed by atoms with van der Waals surface area (Å²) in [5.74, 6) is -0.0883. The van der Waals surface area contributed by atoms with E-state index in [2.05, 4.69) is 5.32 Å². The number of aliphatic hydroxyl groups excluding tert-OH is 1. The Morgan fingerprint density at radius 3 is 2.75 bits per heavy atom. The van der Waals surface area contributed by atoms with Gasteiger partial charge in [0.15, 0.2) is 0 Å². The molecule has 0 aliphatic rings. The maximum absolute atomic E-state index is 11.6. The molecule has 0 bridgehead atoms. The molecule has 90 valence electrons. The molecule has 1 heterocycles. The average Bonchev–Trinajstić information content (AvgIpc) is 2.69. The Bertz CT molecular complexity index is 326. The molecule has 0 fully saturated rings. The maximum Gasteiger partial charge on any atom is 0.263 e. The normalized spacial score (nSPS) is 10.3. The molecule has 5 heteroatoms. The molecule has 0 aromatic carbocycles. The molecule has 1 amide bonds. The van der Waals surface area contributed by atoms with Gasteiger partial charge in [-0.15, -0.1) is 11.3 Å². The standard InChI is InChI=1S/C11H18N2O2S/c12-9-5-8-16-10(9)11(15)13-6-3-1-2-4-7-14/h5,8,14H,1-4,6-7,12H2,(H,13,15). The molecule has 0 atom stereocenters. The van der Waals surface area contributed by atoms with E-state index >= 15 is 0 Å². The zero-order chi connectivity index (χ0) is 11.8. The van der Waals surface area contributed by atoms with Crippen molar-refractivity contribution in [2.75, 3.05) is 18.9 Å². The summed E-state index contributed by atoms with van der Waals surface area (Å²) in [6.45, 7) is 0.916. The smallest absolute Gasteiger partial charge is 0.263 e. The molecule has 1 aromatic rings. The number of nitrogens with one attached hydrogen (secondary N) is 1. The van der Waals surface area contributed by atoms with Crippen LogP contribution in [0.15, 0.2) is 11.4 Å². The molecule has 4 N–H and O–H groups in total. The first kappa shape index (κ1) is 13.0. The minimum Gasteiger partial charge on any atom is -0.397 e. The number of rotatable bonds is 7. The quantitative estimate of drug-likeness (QED) is 0.636. The van der Waals surface area contributed by atoms with Gasteiger partial charge in [-0.3, -0.25) is 4.79 Å². The second kappa shape index (κ2) is 7.24. The van der Waals surface area contributed by atoms with E-state index in [1.165, 1.54) is 11.3 Å². The van der Waals surface area contributed by atoms with Crippen LogP contribution in [0, 0.1) is 0 Å². The van der Waals surface area contributed by atoms with Crippen molar-refractivity contribution in [2.45, 2.75) is 25.7 Å². The summed E-state index contributed by atoms with van der Waals surface area (Å²) in [5.41, 5.74) is 6.18. The fourth-order valence-electron chi connectivity index (χ4n) is 1.38. The molecular weight excluding hydrogens is 224 g/mol. The van der Waals surface area contributed by atoms with E-state index in [0.717, 1.165) is 25.7 Å². The summed E-state index contributed by atoms with van der Waals surface area (Å²) in [6, 6.07) is 1.74. The highest BCUT2D eigenvalue weighted by Gasteiger charge is 2.09. The van der Waals surface area contributed by atoms with Gasteiger partial charge in [0.25, 0.3) is 5.91 Å². The Balaban J connectivity index is 2.14. The van der Waals surface area contributed by atoms with Gasteiger partial charge < -0.3 is 16.2 Å². The van der Waals surface area contributed by atoms with Gasteiger partial charge in [0.1, 0.15) is 4.88 Å². The van der Waals surface area contributed by atoms with Gasteiger partial charge >= 0.3 is 0 Å². The Hall–Kier alpha value is -1.07. The van der Waals surface area contributed by atoms with Crippen LogP contribution in [0.4, 0.5) is 5.69 Å². The lowest BCUT2D eigenvalue weighted by Crippen LogP contribution is -2.24. The van der Waals surface area contributed by atoms with Crippen molar-refractivity contribution in [3.8, 4) is 0 Å². The first-order valence-electron chi connectivity index (χ1n) is 5.47. The van der Waals surface area contributed by atoms with E-state index < -0.39 is 0 Å². The molecule has 1 aromatic heterocycles. The van der Waals surface area contributed by atoms with E-state index in [9.17, 15) is 4.79 Å². The fraction of sp³-hybridized carbons (Fsp3) is 0.545. The Morgan fingerprint density at radius 2 is 2.12 bits per heavy atom. The highest BCUT2D eigenvalue weighted by molar-refractivity contribution is 7.12. The second-order valence-electron chi connectivity index (χ2n) is 3.60. The van der Waals surface area contributed by atoms with Crippen molar-refractivity contribution in [1.82, 2.24) is 5.32 Å². The van der Waals surface area contributed by atoms with Gasteiger partial charge in [0, 0.05) is 13.2 Å². The van der Waals surface area contributed by atoms with Gasteiger partial charge in [0.05, 0.1) is 5.69 Å². The topological polar surface area (TPSA) is 75.4 Å². The largest absolute Gasteiger partial charge is 0.397 e. The van der Waals surface area contributed by atoms with Crippen molar-refractivity contribution in [3.05, 3.63) is 16.3 Å². The summed E-state index contributed by atoms with van der Waals surface area (Å²) in [5, 5.41) is 13.2. The van der Waals surface area contributed by atoms with Crippen LogP contribution in [-0.2, 0) is 0 Å². The van der Waals surface area contributed by atoms with Crippen molar-refractivity contribution in [2.24, 2.45) is 0 Å². The minimum absolute atomic E-state index is 0.0883. The highest BCUT2D eigenvalue weighted by Crippen LogP contribution is 2.18. The third-order valence-corrected chi connectivity index (χ3v) is 3.20. The third-order valence-electron chi connectivity index (χ3n) is 2.27. The van der Waals surface area contributed by atoms with Crippen LogP contribution in [-0.4, -0.2) is 24.2 Å². The zero-order valence-corrected chi connectivity index (χ0v) is 10.1. The number of aliphatic hydroxyl groups is 1. The van der Waals surface area contributed by atoms with Gasteiger partial charge in [-0.1, -0.05) is 12.8 Å². The molecule has 1 rings (SSSR count). The van der Waals surface area contributed by atoms with Crippen molar-refractivity contribution in [1.29, 1.82) is 0 Å². The second-order valence-corrected chi connectivity index (χ2v) is 4.51. The molecule has 0 saturated heterocycles. The maximum atomic E-state index is 11.6. The number of hydrogen-bond donors (Lipinski definition) is 3. The van der Waals surface area contributed by atoms with Crippen LogP contribution in [0.5, 0.6) is 0 Å². The van der Waals surface area contributed by atoms with Crippen LogP contribution in [0.1, 0.15) is 35.4 Å². The number of nitrogens with two attached hydrogens (primary N) is 1. The van der Waals surface area contributed by atoms with E-state index in [1.54, 1.807) is 6.07 Å². The van der Waals surface area contributed by atoms with E-state index in [1.807, 2.05) is 5.38 Å². The summed E-state index contributed by atoms with van der Waals surface area (Å²) in [7, 11) is 0. The number of nitrogen functional groups attached to an aromatic ring is 1. The summed E-state index contributed by atoms with van der Waals surface area (Å²) in [4.78, 5) is 12.2. The predicted molar refractivity (Wildman–Crippen MR) is 66.6 cm³/mol. The van der Waals surface area contributed by atoms with Crippen molar-refractivity contribution < 1.29 is 9.90 Å². The summed E-state index contributed by atoms with van der Waals surface area (Å²) in [6.07, 6.45) is 3.82. The zero-order valence-electron chi connectivity index (χ0n) is 9.24. The van der Waals surface area contributed by atoms with Crippen LogP contribution in [0.2, 0.25) is 0 Å². The predicted octanol–water partition coefficient (Wildman–Crippen LogP) is 1.61. The van der Waals surface area contributed by atoms with Gasteiger partial charge in [-0.05, 0) is 24.3 Å². The lowest BCUT2D eigenvalue weighted by molar-refractivity contribution is 0.0957. The van der Waals surface area contributed by atoms with Gasteiger partial charge in [-0.2, -0.15) is 0 Å². The number of carbonyl (C=O) groups excluding carboxylic acids is 1. The van der Waals surface area contributed by atoms with E-state index in [0.29, 0.717) is 17.1 Å². The molecule has 16 heavy (non-hydrogen) atoms. The van der Waals surface area contributed by atoms with Crippen molar-refractivity contribution >= 4 is 22.9 Å². The lowest BCUT2D eigenvalue weighted by atomic mass is 10.2. The van der Waals surface area contributed by atoms with Crippen molar-refractivity contribution in [3.63, 3.8) is 0 Å². The minimum atomic E-state index is -0.0883. The first-order chi connectivity index (χ1) is 7.75. The number of thiophene rings is 1. The van der Waals surface area contributed by atoms with Gasteiger partial charge in [-0.25, -0.2) is 0 Å². The van der Waals surface area contributed by atoms with Crippen LogP contribution >= 0.6 is 11.3 Å². The molecular formula is C11H18N2O2S. The number of amides is 1. The van der Waals surface area contributed by atoms with E-state index in [4.69, 9.17) is 10.8 Å². The Labute approximate surface area is 99.5 Å². The van der Waals surface area contributed by atoms with Gasteiger partial charge in [0.2, 0.25) is 0 Å². The number of unbranched alkanes of at least 4 members (excludes halogenated alkanes) is 3.